The standard InChI is InChI=1S/2C46H30N4/c2*1-3-15-31(16-4-1)43-47-44(32-17-5-2-6-18-32)49-45(48-43)33-27-29-34(30-28-33)50-41-25-13-11-23-39(41)46(40-24-12-14-26-42(40)50)37-21-9-7-19-35(37)36-20-8-10-22-38(36)46/h2*1-30H. The van der Waals surface area contributed by atoms with Gasteiger partial charge in [-0.05, 0) is 140 Å². The van der Waals surface area contributed by atoms with Crippen molar-refractivity contribution in [3.05, 3.63) is 408 Å². The fraction of sp³-hybridized carbons (Fsp3) is 0.0217. The lowest BCUT2D eigenvalue weighted by molar-refractivity contribution is 0.752. The van der Waals surface area contributed by atoms with Crippen molar-refractivity contribution in [2.45, 2.75) is 10.8 Å². The number of benzene rings is 14. The molecule has 0 N–H and O–H groups in total. The number of rotatable bonds is 8. The van der Waals surface area contributed by atoms with Gasteiger partial charge in [-0.1, -0.05) is 291 Å². The first-order valence-electron chi connectivity index (χ1n) is 33.9. The van der Waals surface area contributed by atoms with Crippen LogP contribution in [0, 0.1) is 0 Å². The molecule has 2 aliphatic carbocycles. The number of anilines is 6. The van der Waals surface area contributed by atoms with E-state index in [0.717, 1.165) is 44.8 Å². The van der Waals surface area contributed by atoms with Crippen LogP contribution in [0.15, 0.2) is 364 Å². The number of nitrogens with zero attached hydrogens (tertiary/aromatic N) is 8. The predicted molar refractivity (Wildman–Crippen MR) is 403 cm³/mol. The maximum absolute atomic E-state index is 4.97. The Morgan fingerprint density at radius 3 is 0.570 bits per heavy atom. The van der Waals surface area contributed by atoms with E-state index in [1.54, 1.807) is 0 Å². The summed E-state index contributed by atoms with van der Waals surface area (Å²) < 4.78 is 0. The summed E-state index contributed by atoms with van der Waals surface area (Å²) >= 11 is 0. The predicted octanol–water partition coefficient (Wildman–Crippen LogP) is 22.0. The molecule has 100 heavy (non-hydrogen) atoms. The Morgan fingerprint density at radius 2 is 0.340 bits per heavy atom. The van der Waals surface area contributed by atoms with Crippen LogP contribution in [0.2, 0.25) is 0 Å². The molecule has 8 nitrogen and oxygen atoms in total. The van der Waals surface area contributed by atoms with Crippen LogP contribution in [-0.2, 0) is 10.8 Å². The summed E-state index contributed by atoms with van der Waals surface area (Å²) in [6.45, 7) is 0. The van der Waals surface area contributed by atoms with E-state index < -0.39 is 10.8 Å². The Morgan fingerprint density at radius 1 is 0.160 bits per heavy atom. The molecule has 0 bridgehead atoms. The van der Waals surface area contributed by atoms with Crippen LogP contribution in [0.3, 0.4) is 0 Å². The third kappa shape index (κ3) is 9.15. The van der Waals surface area contributed by atoms with Crippen molar-refractivity contribution >= 4 is 34.1 Å². The molecule has 0 saturated heterocycles. The van der Waals surface area contributed by atoms with E-state index in [4.69, 9.17) is 29.9 Å². The molecule has 2 spiro atoms. The quantitative estimate of drug-likeness (QED) is 0.149. The lowest BCUT2D eigenvalue weighted by Crippen LogP contribution is -2.36. The molecule has 0 atom stereocenters. The largest absolute Gasteiger partial charge is 0.310 e. The van der Waals surface area contributed by atoms with Gasteiger partial charge in [0.25, 0.3) is 0 Å². The molecule has 8 heteroatoms. The Kier molecular flexibility index (Phi) is 13.8. The van der Waals surface area contributed by atoms with Crippen molar-refractivity contribution in [1.29, 1.82) is 0 Å². The molecule has 0 saturated carbocycles. The SMILES string of the molecule is c1ccc(-c2nc(-c3ccccc3)nc(-c3ccc(N4c5ccccc5C5(c6ccccc6-c6ccccc65)c5ccccc54)cc3)n2)cc1.c1ccc(-c2nc(-c3ccccc3)nc(-c3ccc(N4c5ccccc5C5(c6ccccc6-c6ccccc65)c5ccccc54)cc3)n2)cc1. The summed E-state index contributed by atoms with van der Waals surface area (Å²) in [6, 6.07) is 129. The summed E-state index contributed by atoms with van der Waals surface area (Å²) in [4.78, 5) is 34.4. The van der Waals surface area contributed by atoms with E-state index in [-0.39, 0.29) is 0 Å². The highest BCUT2D eigenvalue weighted by atomic mass is 15.2. The zero-order chi connectivity index (χ0) is 66.1. The van der Waals surface area contributed by atoms with Crippen LogP contribution >= 0.6 is 0 Å². The van der Waals surface area contributed by atoms with Crippen molar-refractivity contribution in [1.82, 2.24) is 29.9 Å². The van der Waals surface area contributed by atoms with Gasteiger partial charge >= 0.3 is 0 Å². The minimum atomic E-state index is -0.427. The highest BCUT2D eigenvalue weighted by Gasteiger charge is 2.53. The van der Waals surface area contributed by atoms with Gasteiger partial charge in [0.05, 0.1) is 33.6 Å². The van der Waals surface area contributed by atoms with Gasteiger partial charge in [0.2, 0.25) is 0 Å². The van der Waals surface area contributed by atoms with Crippen LogP contribution < -0.4 is 9.80 Å². The van der Waals surface area contributed by atoms with E-state index in [9.17, 15) is 0 Å². The minimum Gasteiger partial charge on any atom is -0.310 e. The van der Waals surface area contributed by atoms with Gasteiger partial charge in [-0.25, -0.2) is 29.9 Å². The van der Waals surface area contributed by atoms with Gasteiger partial charge < -0.3 is 9.80 Å². The molecule has 0 unspecified atom stereocenters. The molecule has 0 amide bonds. The molecule has 0 fully saturated rings. The van der Waals surface area contributed by atoms with Gasteiger partial charge in [-0.15, -0.1) is 0 Å². The normalized spacial score (nSPS) is 13.3. The van der Waals surface area contributed by atoms with Gasteiger partial charge in [-0.3, -0.25) is 0 Å². The number of hydrogen-bond donors (Lipinski definition) is 0. The molecule has 4 aliphatic rings. The minimum absolute atomic E-state index is 0.427. The second-order valence-corrected chi connectivity index (χ2v) is 25.6. The van der Waals surface area contributed by atoms with E-state index in [0.29, 0.717) is 34.9 Å². The highest BCUT2D eigenvalue weighted by Crippen LogP contribution is 2.65. The highest BCUT2D eigenvalue weighted by molar-refractivity contribution is 5.98. The Labute approximate surface area is 580 Å². The third-order valence-electron chi connectivity index (χ3n) is 20.3. The van der Waals surface area contributed by atoms with Gasteiger partial charge in [0, 0.05) is 44.8 Å². The molecular formula is C92H60N8. The fourth-order valence-corrected chi connectivity index (χ4v) is 16.1. The van der Waals surface area contributed by atoms with E-state index in [2.05, 4.69) is 252 Å². The first-order chi connectivity index (χ1) is 49.6. The van der Waals surface area contributed by atoms with E-state index in [1.165, 1.54) is 89.5 Å². The Balaban J connectivity index is 0.000000139. The monoisotopic (exact) mass is 1280 g/mol. The number of hydrogen-bond acceptors (Lipinski definition) is 8. The van der Waals surface area contributed by atoms with Crippen molar-refractivity contribution in [3.8, 4) is 90.6 Å². The van der Waals surface area contributed by atoms with Gasteiger partial charge in [0.1, 0.15) is 0 Å². The van der Waals surface area contributed by atoms with Gasteiger partial charge in [-0.2, -0.15) is 0 Å². The van der Waals surface area contributed by atoms with E-state index in [1.807, 2.05) is 121 Å². The maximum atomic E-state index is 4.97. The van der Waals surface area contributed by atoms with Crippen molar-refractivity contribution in [2.75, 3.05) is 9.80 Å². The summed E-state index contributed by atoms with van der Waals surface area (Å²) in [6.07, 6.45) is 0. The first-order valence-corrected chi connectivity index (χ1v) is 33.9. The molecule has 468 valence electrons. The smallest absolute Gasteiger partial charge is 0.164 e. The molecule has 20 rings (SSSR count). The van der Waals surface area contributed by atoms with E-state index >= 15 is 0 Å². The second-order valence-electron chi connectivity index (χ2n) is 25.6. The lowest BCUT2D eigenvalue weighted by atomic mass is 9.64. The van der Waals surface area contributed by atoms with Crippen LogP contribution in [0.4, 0.5) is 34.1 Å². The summed E-state index contributed by atoms with van der Waals surface area (Å²) in [7, 11) is 0. The topological polar surface area (TPSA) is 83.8 Å². The molecule has 14 aromatic carbocycles. The first kappa shape index (κ1) is 58.1. The molecule has 2 aliphatic heterocycles. The van der Waals surface area contributed by atoms with Crippen molar-refractivity contribution in [3.63, 3.8) is 0 Å². The van der Waals surface area contributed by atoms with Crippen LogP contribution in [-0.4, -0.2) is 29.9 Å². The van der Waals surface area contributed by atoms with Crippen LogP contribution in [0.25, 0.3) is 90.6 Å². The average Bonchev–Trinajstić information content (AvgIpc) is 1.46. The summed E-state index contributed by atoms with van der Waals surface area (Å²) in [5.74, 6) is 3.89. The number of aromatic nitrogens is 6. The molecule has 0 radical (unpaired) electrons. The molecule has 2 aromatic heterocycles. The molecule has 16 aromatic rings. The summed E-state index contributed by atoms with van der Waals surface area (Å²) in [5, 5.41) is 0. The number of para-hydroxylation sites is 4. The third-order valence-corrected chi connectivity index (χ3v) is 20.3. The second kappa shape index (κ2) is 23.8. The lowest BCUT2D eigenvalue weighted by Gasteiger charge is -2.45. The molecular weight excluding hydrogens is 1220 g/mol. The van der Waals surface area contributed by atoms with Crippen LogP contribution in [0.5, 0.6) is 0 Å². The van der Waals surface area contributed by atoms with Gasteiger partial charge in [0.15, 0.2) is 34.9 Å². The van der Waals surface area contributed by atoms with Crippen molar-refractivity contribution in [2.24, 2.45) is 0 Å². The Hall–Kier alpha value is -13.3. The number of fused-ring (bicyclic) bond motifs is 18. The average molecular weight is 1280 g/mol. The van der Waals surface area contributed by atoms with Crippen molar-refractivity contribution < 1.29 is 0 Å². The zero-order valence-electron chi connectivity index (χ0n) is 54.2. The summed E-state index contributed by atoms with van der Waals surface area (Å²) in [5.41, 5.74) is 27.3. The molecule has 4 heterocycles. The zero-order valence-corrected chi connectivity index (χ0v) is 54.2. The van der Waals surface area contributed by atoms with Crippen LogP contribution in [0.1, 0.15) is 44.5 Å². The fourth-order valence-electron chi connectivity index (χ4n) is 16.1. The maximum Gasteiger partial charge on any atom is 0.164 e. The Bertz CT molecular complexity index is 5140.